The predicted octanol–water partition coefficient (Wildman–Crippen LogP) is 6.09. The van der Waals surface area contributed by atoms with Crippen LogP contribution in [0, 0.1) is 18.3 Å². The van der Waals surface area contributed by atoms with Crippen LogP contribution < -0.4 is 10.5 Å². The lowest BCUT2D eigenvalue weighted by atomic mass is 9.89. The van der Waals surface area contributed by atoms with Crippen molar-refractivity contribution in [3.63, 3.8) is 0 Å². The van der Waals surface area contributed by atoms with E-state index in [0.29, 0.717) is 24.3 Å². The third-order valence-corrected chi connectivity index (χ3v) is 7.66. The molecule has 1 aliphatic heterocycles. The molecule has 0 radical (unpaired) electrons. The summed E-state index contributed by atoms with van der Waals surface area (Å²) in [6.07, 6.45) is 0.355. The molecule has 0 saturated carbocycles. The largest absolute Gasteiger partial charge is 0.480 e. The quantitative estimate of drug-likeness (QED) is 0.290. The number of carboxylic acid groups (broad SMARTS) is 1. The molecule has 2 heterocycles. The maximum absolute atomic E-state index is 14.0. The summed E-state index contributed by atoms with van der Waals surface area (Å²) in [4.78, 5) is 28.4. The van der Waals surface area contributed by atoms with Gasteiger partial charge in [0.1, 0.15) is 17.5 Å². The van der Waals surface area contributed by atoms with Crippen molar-refractivity contribution in [1.82, 2.24) is 4.57 Å². The topological polar surface area (TPSA) is 86.3 Å². The van der Waals surface area contributed by atoms with Gasteiger partial charge in [-0.25, -0.2) is 4.79 Å². The van der Waals surface area contributed by atoms with E-state index < -0.39 is 17.6 Å². The van der Waals surface area contributed by atoms with Crippen LogP contribution in [0.3, 0.4) is 0 Å². The van der Waals surface area contributed by atoms with E-state index >= 15 is 0 Å². The van der Waals surface area contributed by atoms with Gasteiger partial charge in [-0.15, -0.1) is 0 Å². The molecule has 5 aromatic rings. The van der Waals surface area contributed by atoms with Crippen LogP contribution in [0.5, 0.6) is 0 Å². The van der Waals surface area contributed by atoms with E-state index in [1.807, 2.05) is 109 Å². The first-order chi connectivity index (χ1) is 19.5. The molecule has 1 aliphatic rings. The number of anilines is 1. The summed E-state index contributed by atoms with van der Waals surface area (Å²) in [6.45, 7) is 2.56. The van der Waals surface area contributed by atoms with E-state index in [0.717, 1.165) is 38.6 Å². The smallest absolute Gasteiger partial charge is 0.328 e. The molecule has 0 amide bonds. The molecule has 196 valence electrons. The van der Waals surface area contributed by atoms with Crippen LogP contribution in [0.15, 0.2) is 102 Å². The molecule has 6 nitrogen and oxygen atoms in total. The van der Waals surface area contributed by atoms with E-state index in [-0.39, 0.29) is 12.1 Å². The average Bonchev–Trinajstić information content (AvgIpc) is 3.33. The highest BCUT2D eigenvalue weighted by Gasteiger charge is 2.39. The Kier molecular flexibility index (Phi) is 6.41. The lowest BCUT2D eigenvalue weighted by molar-refractivity contribution is -0.140. The van der Waals surface area contributed by atoms with Gasteiger partial charge in [0.15, 0.2) is 6.04 Å². The number of nitrogens with zero attached hydrogens (tertiary/aromatic N) is 3. The van der Waals surface area contributed by atoms with Crippen LogP contribution in [-0.4, -0.2) is 22.2 Å². The van der Waals surface area contributed by atoms with Crippen molar-refractivity contribution in [2.45, 2.75) is 25.9 Å². The number of benzene rings is 4. The van der Waals surface area contributed by atoms with Crippen molar-refractivity contribution >= 4 is 22.6 Å². The molecule has 0 fully saturated rings. The Labute approximate surface area is 232 Å². The molecular weight excluding hydrogens is 498 g/mol. The molecule has 6 rings (SSSR count). The number of fused-ring (bicyclic) bond motifs is 2. The standard InChI is InChI=1S/C34H27N3O3/c1-22-9-7-15-26(17-22)31-28(18-25-14-8-13-24-12-5-6-16-27(24)25)29(19-35)33(38)37-30(34(39)40)21-36(32(31)37)20-23-10-3-2-4-11-23/h2-17,30H,18,20-21H2,1H3,(H,39,40). The third-order valence-electron chi connectivity index (χ3n) is 7.66. The first-order valence-electron chi connectivity index (χ1n) is 13.2. The first-order valence-corrected chi connectivity index (χ1v) is 13.2. The SMILES string of the molecule is Cc1cccc(-c2c(Cc3cccc4ccccc34)c(C#N)c(=O)n3c2N(Cc2ccccc2)CC3C(=O)O)c1. The second-order valence-corrected chi connectivity index (χ2v) is 10.2. The number of hydrogen-bond donors (Lipinski definition) is 1. The van der Waals surface area contributed by atoms with Crippen molar-refractivity contribution in [3.8, 4) is 17.2 Å². The van der Waals surface area contributed by atoms with Crippen LogP contribution in [-0.2, 0) is 17.8 Å². The molecule has 1 atom stereocenters. The van der Waals surface area contributed by atoms with Gasteiger partial charge in [-0.3, -0.25) is 9.36 Å². The third kappa shape index (κ3) is 4.32. The highest BCUT2D eigenvalue weighted by atomic mass is 16.4. The molecule has 0 bridgehead atoms. The number of aryl methyl sites for hydroxylation is 1. The van der Waals surface area contributed by atoms with Crippen LogP contribution in [0.4, 0.5) is 5.82 Å². The minimum Gasteiger partial charge on any atom is -0.480 e. The highest BCUT2D eigenvalue weighted by Crippen LogP contribution is 2.42. The Hall–Kier alpha value is -5.15. The highest BCUT2D eigenvalue weighted by molar-refractivity contribution is 5.89. The van der Waals surface area contributed by atoms with E-state index in [9.17, 15) is 20.0 Å². The number of hydrogen-bond acceptors (Lipinski definition) is 4. The van der Waals surface area contributed by atoms with Gasteiger partial charge in [-0.05, 0) is 39.9 Å². The van der Waals surface area contributed by atoms with Crippen LogP contribution in [0.1, 0.15) is 33.9 Å². The minimum absolute atomic E-state index is 0.0130. The number of carboxylic acids is 1. The molecule has 40 heavy (non-hydrogen) atoms. The lowest BCUT2D eigenvalue weighted by Gasteiger charge is -2.25. The van der Waals surface area contributed by atoms with Gasteiger partial charge < -0.3 is 10.0 Å². The van der Waals surface area contributed by atoms with Crippen LogP contribution in [0.2, 0.25) is 0 Å². The normalized spacial score (nSPS) is 14.2. The minimum atomic E-state index is -1.10. The summed E-state index contributed by atoms with van der Waals surface area (Å²) < 4.78 is 1.33. The second-order valence-electron chi connectivity index (χ2n) is 10.2. The molecule has 6 heteroatoms. The Morgan fingerprint density at radius 3 is 2.45 bits per heavy atom. The van der Waals surface area contributed by atoms with Gasteiger partial charge in [0.05, 0.1) is 6.54 Å². The summed E-state index contributed by atoms with van der Waals surface area (Å²) >= 11 is 0. The van der Waals surface area contributed by atoms with E-state index in [4.69, 9.17) is 0 Å². The van der Waals surface area contributed by atoms with Gasteiger partial charge in [-0.2, -0.15) is 5.26 Å². The maximum atomic E-state index is 14.0. The lowest BCUT2D eigenvalue weighted by Crippen LogP contribution is -2.30. The molecule has 0 saturated heterocycles. The van der Waals surface area contributed by atoms with Crippen molar-refractivity contribution < 1.29 is 9.90 Å². The van der Waals surface area contributed by atoms with Gasteiger partial charge in [0, 0.05) is 18.5 Å². The second kappa shape index (κ2) is 10.2. The van der Waals surface area contributed by atoms with Crippen molar-refractivity contribution in [2.24, 2.45) is 0 Å². The first kappa shape index (κ1) is 25.1. The summed E-state index contributed by atoms with van der Waals surface area (Å²) in [5, 5.41) is 22.7. The van der Waals surface area contributed by atoms with Crippen LogP contribution in [0.25, 0.3) is 21.9 Å². The Morgan fingerprint density at radius 1 is 0.975 bits per heavy atom. The maximum Gasteiger partial charge on any atom is 0.328 e. The molecule has 1 aromatic heterocycles. The predicted molar refractivity (Wildman–Crippen MR) is 157 cm³/mol. The zero-order chi connectivity index (χ0) is 27.8. The molecule has 1 N–H and O–H groups in total. The molecular formula is C34H27N3O3. The zero-order valence-electron chi connectivity index (χ0n) is 22.0. The molecule has 0 spiro atoms. The molecule has 0 aliphatic carbocycles. The average molecular weight is 526 g/mol. The van der Waals surface area contributed by atoms with Gasteiger partial charge >= 0.3 is 5.97 Å². The number of nitriles is 1. The molecule has 4 aromatic carbocycles. The zero-order valence-corrected chi connectivity index (χ0v) is 22.0. The fraction of sp³-hybridized carbons (Fsp3) is 0.147. The van der Waals surface area contributed by atoms with Crippen molar-refractivity contribution in [2.75, 3.05) is 11.4 Å². The summed E-state index contributed by atoms with van der Waals surface area (Å²) in [6, 6.07) is 32.9. The number of aliphatic carboxylic acids is 1. The fourth-order valence-corrected chi connectivity index (χ4v) is 5.87. The van der Waals surface area contributed by atoms with E-state index in [1.54, 1.807) is 0 Å². The van der Waals surface area contributed by atoms with Gasteiger partial charge in [-0.1, -0.05) is 103 Å². The number of rotatable bonds is 6. The van der Waals surface area contributed by atoms with Gasteiger partial charge in [0.2, 0.25) is 0 Å². The number of aromatic nitrogens is 1. The fourth-order valence-electron chi connectivity index (χ4n) is 5.87. The van der Waals surface area contributed by atoms with Crippen molar-refractivity contribution in [3.05, 3.63) is 135 Å². The summed E-state index contributed by atoms with van der Waals surface area (Å²) in [5.41, 5.74) is 4.64. The number of carbonyl (C=O) groups is 1. The molecule has 1 unspecified atom stereocenters. The van der Waals surface area contributed by atoms with E-state index in [1.165, 1.54) is 4.57 Å². The number of pyridine rings is 1. The monoisotopic (exact) mass is 525 g/mol. The van der Waals surface area contributed by atoms with E-state index in [2.05, 4.69) is 6.07 Å². The van der Waals surface area contributed by atoms with Crippen LogP contribution >= 0.6 is 0 Å². The summed E-state index contributed by atoms with van der Waals surface area (Å²) in [5.74, 6) is -0.555. The van der Waals surface area contributed by atoms with Gasteiger partial charge in [0.25, 0.3) is 5.56 Å². The Morgan fingerprint density at radius 2 is 1.70 bits per heavy atom. The van der Waals surface area contributed by atoms with Crippen molar-refractivity contribution in [1.29, 1.82) is 5.26 Å². The summed E-state index contributed by atoms with van der Waals surface area (Å²) in [7, 11) is 0. The Balaban J connectivity index is 1.67. The Bertz CT molecular complexity index is 1860.